The van der Waals surface area contributed by atoms with Gasteiger partial charge in [-0.05, 0) is 38.0 Å². The average molecular weight is 346 g/mol. The summed E-state index contributed by atoms with van der Waals surface area (Å²) in [5.41, 5.74) is 4.42. The molecule has 0 spiro atoms. The van der Waals surface area contributed by atoms with Crippen LogP contribution in [0.25, 0.3) is 0 Å². The molecule has 0 aliphatic carbocycles. The molecular formula is C21H22N4O. The lowest BCUT2D eigenvalue weighted by molar-refractivity contribution is 0.102. The van der Waals surface area contributed by atoms with Crippen molar-refractivity contribution >= 4 is 17.4 Å². The first-order valence-corrected chi connectivity index (χ1v) is 8.55. The lowest BCUT2D eigenvalue weighted by Crippen LogP contribution is -2.16. The van der Waals surface area contributed by atoms with Crippen LogP contribution in [0.1, 0.15) is 40.1 Å². The summed E-state index contributed by atoms with van der Waals surface area (Å²) >= 11 is 0. The summed E-state index contributed by atoms with van der Waals surface area (Å²) in [6.07, 6.45) is 1.40. The van der Waals surface area contributed by atoms with E-state index in [4.69, 9.17) is 0 Å². The number of carbonyl (C=O) groups excluding carboxylic acids is 1. The minimum atomic E-state index is -0.255. The summed E-state index contributed by atoms with van der Waals surface area (Å²) in [5.74, 6) is 0.358. The molecule has 0 aliphatic rings. The van der Waals surface area contributed by atoms with E-state index >= 15 is 0 Å². The Morgan fingerprint density at radius 3 is 2.50 bits per heavy atom. The highest BCUT2D eigenvalue weighted by Crippen LogP contribution is 2.19. The molecule has 132 valence electrons. The third-order valence-electron chi connectivity index (χ3n) is 4.19. The monoisotopic (exact) mass is 346 g/mol. The summed E-state index contributed by atoms with van der Waals surface area (Å²) < 4.78 is 0. The largest absolute Gasteiger partial charge is 0.363 e. The molecule has 0 saturated heterocycles. The zero-order chi connectivity index (χ0) is 18.5. The Morgan fingerprint density at radius 1 is 1.00 bits per heavy atom. The summed E-state index contributed by atoms with van der Waals surface area (Å²) in [6, 6.07) is 17.7. The maximum atomic E-state index is 12.5. The van der Waals surface area contributed by atoms with Gasteiger partial charge in [-0.25, -0.2) is 9.97 Å². The minimum Gasteiger partial charge on any atom is -0.363 e. The Balaban J connectivity index is 1.73. The zero-order valence-corrected chi connectivity index (χ0v) is 15.2. The number of rotatable bonds is 5. The second-order valence-electron chi connectivity index (χ2n) is 6.34. The highest BCUT2D eigenvalue weighted by atomic mass is 16.1. The molecule has 1 unspecified atom stereocenters. The minimum absolute atomic E-state index is 0.0707. The predicted octanol–water partition coefficient (Wildman–Crippen LogP) is 4.52. The van der Waals surface area contributed by atoms with Crippen LogP contribution in [0.2, 0.25) is 0 Å². The second kappa shape index (κ2) is 7.78. The third-order valence-corrected chi connectivity index (χ3v) is 4.19. The van der Waals surface area contributed by atoms with Crippen LogP contribution in [-0.2, 0) is 0 Å². The van der Waals surface area contributed by atoms with E-state index < -0.39 is 0 Å². The lowest BCUT2D eigenvalue weighted by atomic mass is 10.1. The Hall–Kier alpha value is -3.21. The van der Waals surface area contributed by atoms with Crippen LogP contribution in [0, 0.1) is 13.8 Å². The molecular weight excluding hydrogens is 324 g/mol. The SMILES string of the molecule is Cc1ccc(NC(=O)c2cc(NC(C)c3ccccc3)ncn2)c(C)c1. The van der Waals surface area contributed by atoms with E-state index in [9.17, 15) is 4.79 Å². The van der Waals surface area contributed by atoms with Crippen LogP contribution < -0.4 is 10.6 Å². The Kier molecular flexibility index (Phi) is 5.27. The van der Waals surface area contributed by atoms with Crippen molar-refractivity contribution in [2.45, 2.75) is 26.8 Å². The van der Waals surface area contributed by atoms with E-state index in [1.54, 1.807) is 6.07 Å². The van der Waals surface area contributed by atoms with Crippen LogP contribution in [0.4, 0.5) is 11.5 Å². The number of aryl methyl sites for hydroxylation is 2. The number of benzene rings is 2. The van der Waals surface area contributed by atoms with E-state index in [0.717, 1.165) is 22.4 Å². The fourth-order valence-electron chi connectivity index (χ4n) is 2.75. The molecule has 2 N–H and O–H groups in total. The summed E-state index contributed by atoms with van der Waals surface area (Å²) in [6.45, 7) is 6.04. The van der Waals surface area contributed by atoms with Gasteiger partial charge in [-0.1, -0.05) is 48.0 Å². The van der Waals surface area contributed by atoms with Crippen LogP contribution in [-0.4, -0.2) is 15.9 Å². The molecule has 5 nitrogen and oxygen atoms in total. The molecule has 26 heavy (non-hydrogen) atoms. The van der Waals surface area contributed by atoms with Crippen molar-refractivity contribution in [3.8, 4) is 0 Å². The number of nitrogens with one attached hydrogen (secondary N) is 2. The topological polar surface area (TPSA) is 66.9 Å². The van der Waals surface area contributed by atoms with Crippen molar-refractivity contribution in [3.63, 3.8) is 0 Å². The smallest absolute Gasteiger partial charge is 0.274 e. The number of hydrogen-bond donors (Lipinski definition) is 2. The fraction of sp³-hybridized carbons (Fsp3) is 0.190. The van der Waals surface area contributed by atoms with E-state index in [1.165, 1.54) is 6.33 Å². The maximum absolute atomic E-state index is 12.5. The average Bonchev–Trinajstić information content (AvgIpc) is 2.65. The van der Waals surface area contributed by atoms with Gasteiger partial charge in [0.05, 0.1) is 0 Å². The molecule has 0 fully saturated rings. The van der Waals surface area contributed by atoms with Gasteiger partial charge in [0.15, 0.2) is 0 Å². The summed E-state index contributed by atoms with van der Waals surface area (Å²) in [7, 11) is 0. The molecule has 1 atom stereocenters. The molecule has 1 heterocycles. The number of anilines is 2. The first-order chi connectivity index (χ1) is 12.5. The molecule has 0 bridgehead atoms. The van der Waals surface area contributed by atoms with Crippen LogP contribution in [0.15, 0.2) is 60.9 Å². The molecule has 5 heteroatoms. The number of amides is 1. The maximum Gasteiger partial charge on any atom is 0.274 e. The van der Waals surface area contributed by atoms with Crippen molar-refractivity contribution in [2.24, 2.45) is 0 Å². The highest BCUT2D eigenvalue weighted by Gasteiger charge is 2.12. The Labute approximate surface area is 153 Å². The van der Waals surface area contributed by atoms with E-state index in [1.807, 2.05) is 69.3 Å². The van der Waals surface area contributed by atoms with Gasteiger partial charge in [0.1, 0.15) is 17.8 Å². The molecule has 0 aliphatic heterocycles. The quantitative estimate of drug-likeness (QED) is 0.713. The zero-order valence-electron chi connectivity index (χ0n) is 15.2. The summed E-state index contributed by atoms with van der Waals surface area (Å²) in [4.78, 5) is 20.9. The molecule has 2 aromatic carbocycles. The van der Waals surface area contributed by atoms with E-state index in [-0.39, 0.29) is 11.9 Å². The van der Waals surface area contributed by atoms with Crippen molar-refractivity contribution in [1.82, 2.24) is 9.97 Å². The lowest BCUT2D eigenvalue weighted by Gasteiger charge is -2.15. The molecule has 3 rings (SSSR count). The number of carbonyl (C=O) groups is 1. The molecule has 1 amide bonds. The van der Waals surface area contributed by atoms with Crippen molar-refractivity contribution < 1.29 is 4.79 Å². The van der Waals surface area contributed by atoms with E-state index in [0.29, 0.717) is 11.5 Å². The van der Waals surface area contributed by atoms with Crippen LogP contribution in [0.5, 0.6) is 0 Å². The first kappa shape index (κ1) is 17.6. The summed E-state index contributed by atoms with van der Waals surface area (Å²) in [5, 5.41) is 6.21. The van der Waals surface area contributed by atoms with Gasteiger partial charge in [-0.15, -0.1) is 0 Å². The predicted molar refractivity (Wildman–Crippen MR) is 104 cm³/mol. The Morgan fingerprint density at radius 2 is 1.77 bits per heavy atom. The third kappa shape index (κ3) is 4.25. The molecule has 0 radical (unpaired) electrons. The fourth-order valence-corrected chi connectivity index (χ4v) is 2.75. The van der Waals surface area contributed by atoms with Crippen molar-refractivity contribution in [2.75, 3.05) is 10.6 Å². The van der Waals surface area contributed by atoms with Crippen LogP contribution in [0.3, 0.4) is 0 Å². The van der Waals surface area contributed by atoms with Gasteiger partial charge in [0, 0.05) is 17.8 Å². The van der Waals surface area contributed by atoms with Gasteiger partial charge in [0.2, 0.25) is 0 Å². The molecule has 3 aromatic rings. The number of hydrogen-bond acceptors (Lipinski definition) is 4. The van der Waals surface area contributed by atoms with Gasteiger partial charge in [-0.3, -0.25) is 4.79 Å². The van der Waals surface area contributed by atoms with Crippen molar-refractivity contribution in [3.05, 3.63) is 83.3 Å². The first-order valence-electron chi connectivity index (χ1n) is 8.55. The van der Waals surface area contributed by atoms with Gasteiger partial charge in [0.25, 0.3) is 5.91 Å². The molecule has 1 aromatic heterocycles. The van der Waals surface area contributed by atoms with Gasteiger partial charge in [-0.2, -0.15) is 0 Å². The normalized spacial score (nSPS) is 11.7. The van der Waals surface area contributed by atoms with Gasteiger partial charge < -0.3 is 10.6 Å². The van der Waals surface area contributed by atoms with E-state index in [2.05, 4.69) is 20.6 Å². The number of aromatic nitrogens is 2. The van der Waals surface area contributed by atoms with Gasteiger partial charge >= 0.3 is 0 Å². The molecule has 0 saturated carbocycles. The second-order valence-corrected chi connectivity index (χ2v) is 6.34. The van der Waals surface area contributed by atoms with Crippen molar-refractivity contribution in [1.29, 1.82) is 0 Å². The highest BCUT2D eigenvalue weighted by molar-refractivity contribution is 6.03. The number of nitrogens with zero attached hydrogens (tertiary/aromatic N) is 2. The Bertz CT molecular complexity index is 909. The van der Waals surface area contributed by atoms with Crippen LogP contribution >= 0.6 is 0 Å². The standard InChI is InChI=1S/C21H22N4O/c1-14-9-10-18(15(2)11-14)25-21(26)19-12-20(23-13-22-19)24-16(3)17-7-5-4-6-8-17/h4-13,16H,1-3H3,(H,25,26)(H,22,23,24).